The number of aromatic nitrogens is 3. The number of nitrogens with one attached hydrogen (secondary N) is 2. The van der Waals surface area contributed by atoms with Crippen molar-refractivity contribution >= 4 is 29.4 Å². The number of esters is 1. The molecular weight excluding hydrogens is 573 g/mol. The number of methoxy groups -OCH3 is 1. The number of ether oxygens (including phenoxy) is 1. The summed E-state index contributed by atoms with van der Waals surface area (Å²) in [7, 11) is 1.32. The van der Waals surface area contributed by atoms with Gasteiger partial charge in [-0.15, -0.1) is 0 Å². The summed E-state index contributed by atoms with van der Waals surface area (Å²) in [6, 6.07) is 13.0. The molecule has 2 bridgehead atoms. The van der Waals surface area contributed by atoms with Gasteiger partial charge in [-0.25, -0.2) is 9.07 Å². The number of carbonyl (C=O) groups is 3. The molecule has 0 aliphatic carbocycles. The molecule has 1 unspecified atom stereocenters. The van der Waals surface area contributed by atoms with Crippen LogP contribution in [0.25, 0.3) is 16.8 Å². The number of pyridine rings is 1. The summed E-state index contributed by atoms with van der Waals surface area (Å²) in [6.45, 7) is 3.62. The van der Waals surface area contributed by atoms with Crippen LogP contribution in [0.15, 0.2) is 60.9 Å². The van der Waals surface area contributed by atoms with Crippen LogP contribution in [0, 0.1) is 12.7 Å². The van der Waals surface area contributed by atoms with E-state index in [1.165, 1.54) is 24.1 Å². The minimum absolute atomic E-state index is 0.0377. The van der Waals surface area contributed by atoms with Gasteiger partial charge in [-0.05, 0) is 80.1 Å². The van der Waals surface area contributed by atoms with E-state index in [1.807, 2.05) is 19.1 Å². The highest BCUT2D eigenvalue weighted by molar-refractivity contribution is 6.30. The Morgan fingerprint density at radius 3 is 2.77 bits per heavy atom. The number of hydrogen-bond acceptors (Lipinski definition) is 6. The highest BCUT2D eigenvalue weighted by atomic mass is 35.5. The number of amides is 2. The van der Waals surface area contributed by atoms with E-state index < -0.39 is 17.8 Å². The third-order valence-corrected chi connectivity index (χ3v) is 7.87. The van der Waals surface area contributed by atoms with E-state index in [2.05, 4.69) is 20.7 Å². The number of rotatable bonds is 5. The molecule has 5 rings (SSSR count). The topological polar surface area (TPSA) is 115 Å². The van der Waals surface area contributed by atoms with Crippen LogP contribution < -0.4 is 10.6 Å². The van der Waals surface area contributed by atoms with Gasteiger partial charge < -0.3 is 15.4 Å². The zero-order chi connectivity index (χ0) is 30.7. The number of carbonyl (C=O) groups excluding carboxylic acids is 3. The summed E-state index contributed by atoms with van der Waals surface area (Å²) >= 11 is 5.96. The van der Waals surface area contributed by atoms with Crippen LogP contribution in [-0.4, -0.2) is 45.7 Å². The highest BCUT2D eigenvalue weighted by Gasteiger charge is 2.24. The Bertz CT molecular complexity index is 1710. The summed E-state index contributed by atoms with van der Waals surface area (Å²) in [5.41, 5.74) is 4.05. The van der Waals surface area contributed by atoms with Crippen LogP contribution in [0.3, 0.4) is 0 Å². The molecule has 2 aromatic carbocycles. The molecule has 0 saturated carbocycles. The predicted octanol–water partition coefficient (Wildman–Crippen LogP) is 5.52. The predicted molar refractivity (Wildman–Crippen MR) is 160 cm³/mol. The molecule has 2 N–H and O–H groups in total. The Kier molecular flexibility index (Phi) is 8.86. The van der Waals surface area contributed by atoms with Gasteiger partial charge >= 0.3 is 5.97 Å². The Morgan fingerprint density at radius 2 is 1.98 bits per heavy atom. The van der Waals surface area contributed by atoms with E-state index in [0.29, 0.717) is 52.9 Å². The smallest absolute Gasteiger partial charge is 0.309 e. The van der Waals surface area contributed by atoms with E-state index in [9.17, 15) is 18.8 Å². The lowest BCUT2D eigenvalue weighted by molar-refractivity contribution is -0.139. The van der Waals surface area contributed by atoms with Gasteiger partial charge in [-0.3, -0.25) is 19.4 Å². The lowest BCUT2D eigenvalue weighted by Gasteiger charge is -2.22. The van der Waals surface area contributed by atoms with E-state index >= 15 is 0 Å². The van der Waals surface area contributed by atoms with Gasteiger partial charge in [-0.1, -0.05) is 29.8 Å². The van der Waals surface area contributed by atoms with Crippen molar-refractivity contribution in [3.63, 3.8) is 0 Å². The summed E-state index contributed by atoms with van der Waals surface area (Å²) in [4.78, 5) is 43.4. The minimum Gasteiger partial charge on any atom is -0.469 e. The summed E-state index contributed by atoms with van der Waals surface area (Å²) in [6.07, 6.45) is 5.03. The van der Waals surface area contributed by atoms with Crippen molar-refractivity contribution in [2.75, 3.05) is 7.11 Å². The summed E-state index contributed by atoms with van der Waals surface area (Å²) < 4.78 is 20.8. The van der Waals surface area contributed by atoms with Crippen LogP contribution >= 0.6 is 11.6 Å². The molecule has 0 spiro atoms. The summed E-state index contributed by atoms with van der Waals surface area (Å²) in [5, 5.41) is 10.4. The van der Waals surface area contributed by atoms with Crippen molar-refractivity contribution in [1.29, 1.82) is 0 Å². The van der Waals surface area contributed by atoms with Gasteiger partial charge in [0.25, 0.3) is 11.8 Å². The van der Waals surface area contributed by atoms with E-state index in [4.69, 9.17) is 16.3 Å². The SMILES string of the molecule is COC(=O)Cc1ccc2c(c1)C(=O)NC(C)CCC[C@H](NC(=O)c1cnn(-c3cccc(Cl)c3F)c1C)c1cc-2ccn1. The number of fused-ring (bicyclic) bond motifs is 4. The molecule has 0 saturated heterocycles. The number of hydrogen-bond donors (Lipinski definition) is 2. The average Bonchev–Trinajstić information content (AvgIpc) is 3.38. The third kappa shape index (κ3) is 6.44. The molecule has 1 aliphatic rings. The van der Waals surface area contributed by atoms with Crippen LogP contribution in [0.2, 0.25) is 5.02 Å². The van der Waals surface area contributed by atoms with Crippen molar-refractivity contribution in [2.45, 2.75) is 51.6 Å². The fourth-order valence-corrected chi connectivity index (χ4v) is 5.42. The second-order valence-electron chi connectivity index (χ2n) is 10.6. The normalized spacial score (nSPS) is 16.7. The first-order valence-electron chi connectivity index (χ1n) is 13.9. The molecule has 3 heterocycles. The number of benzene rings is 2. The first-order valence-corrected chi connectivity index (χ1v) is 14.3. The van der Waals surface area contributed by atoms with Crippen molar-refractivity contribution in [3.8, 4) is 16.8 Å². The second kappa shape index (κ2) is 12.7. The van der Waals surface area contributed by atoms with E-state index in [0.717, 1.165) is 5.56 Å². The molecule has 43 heavy (non-hydrogen) atoms. The Balaban J connectivity index is 1.48. The molecule has 9 nitrogen and oxygen atoms in total. The minimum atomic E-state index is -0.624. The van der Waals surface area contributed by atoms with Crippen molar-refractivity contribution < 1.29 is 23.5 Å². The lowest BCUT2D eigenvalue weighted by Crippen LogP contribution is -2.34. The van der Waals surface area contributed by atoms with Crippen LogP contribution in [-0.2, 0) is 16.0 Å². The molecule has 1 aliphatic heterocycles. The highest BCUT2D eigenvalue weighted by Crippen LogP contribution is 2.30. The quantitative estimate of drug-likeness (QED) is 0.290. The Hall–Kier alpha value is -4.57. The molecule has 2 atom stereocenters. The van der Waals surface area contributed by atoms with Crippen molar-refractivity contribution in [2.24, 2.45) is 0 Å². The van der Waals surface area contributed by atoms with Crippen molar-refractivity contribution in [1.82, 2.24) is 25.4 Å². The third-order valence-electron chi connectivity index (χ3n) is 7.58. The zero-order valence-corrected chi connectivity index (χ0v) is 24.7. The molecule has 0 fully saturated rings. The van der Waals surface area contributed by atoms with Gasteiger partial charge in [-0.2, -0.15) is 5.10 Å². The maximum absolute atomic E-state index is 14.7. The average molecular weight is 604 g/mol. The molecular formula is C32H31ClFN5O4. The maximum Gasteiger partial charge on any atom is 0.309 e. The first-order chi connectivity index (χ1) is 20.7. The molecule has 222 valence electrons. The van der Waals surface area contributed by atoms with E-state index in [-0.39, 0.29) is 35.0 Å². The lowest BCUT2D eigenvalue weighted by atomic mass is 9.93. The van der Waals surface area contributed by atoms with Crippen LogP contribution in [0.4, 0.5) is 4.39 Å². The van der Waals surface area contributed by atoms with E-state index in [1.54, 1.807) is 43.5 Å². The second-order valence-corrected chi connectivity index (χ2v) is 11.0. The molecule has 11 heteroatoms. The zero-order valence-electron chi connectivity index (χ0n) is 24.0. The van der Waals surface area contributed by atoms with Gasteiger partial charge in [0.05, 0.1) is 47.7 Å². The van der Waals surface area contributed by atoms with Gasteiger partial charge in [0.2, 0.25) is 0 Å². The Morgan fingerprint density at radius 1 is 1.16 bits per heavy atom. The van der Waals surface area contributed by atoms with Crippen molar-refractivity contribution in [3.05, 3.63) is 99.8 Å². The molecule has 4 aromatic rings. The molecule has 2 amide bonds. The largest absolute Gasteiger partial charge is 0.469 e. The van der Waals surface area contributed by atoms with Crippen LogP contribution in [0.1, 0.15) is 69.9 Å². The Labute approximate surface area is 253 Å². The number of nitrogens with zero attached hydrogens (tertiary/aromatic N) is 3. The fourth-order valence-electron chi connectivity index (χ4n) is 5.25. The standard InChI is InChI=1S/C32H31ClFN5O4/c1-18-6-4-8-26(38-32(42)24-17-36-39(19(24)2)28-9-5-7-25(33)30(28)34)27-16-21(12-13-35-27)22-11-10-20(15-29(40)43-3)14-23(22)31(41)37-18/h5,7,9-14,16-18,26H,4,6,8,15H2,1-3H3,(H,37,41)(H,38,42)/t18?,26-/m0/s1. The van der Waals surface area contributed by atoms with Gasteiger partial charge in [0.1, 0.15) is 5.69 Å². The van der Waals surface area contributed by atoms with Gasteiger partial charge in [0, 0.05) is 17.8 Å². The fraction of sp³-hybridized carbons (Fsp3) is 0.281. The number of halogens is 2. The monoisotopic (exact) mass is 603 g/mol. The van der Waals surface area contributed by atoms with Gasteiger partial charge in [0.15, 0.2) is 5.82 Å². The van der Waals surface area contributed by atoms with Crippen LogP contribution in [0.5, 0.6) is 0 Å². The molecule has 0 radical (unpaired) electrons. The first kappa shape index (κ1) is 29.9. The molecule has 2 aromatic heterocycles. The summed E-state index contributed by atoms with van der Waals surface area (Å²) in [5.74, 6) is -1.63. The maximum atomic E-state index is 14.7.